The van der Waals surface area contributed by atoms with Crippen molar-refractivity contribution in [2.24, 2.45) is 0 Å². The van der Waals surface area contributed by atoms with E-state index in [2.05, 4.69) is 20.3 Å². The summed E-state index contributed by atoms with van der Waals surface area (Å²) in [4.78, 5) is 23.3. The molecular weight excluding hydrogens is 364 g/mol. The van der Waals surface area contributed by atoms with Gasteiger partial charge in [-0.3, -0.25) is 4.79 Å². The first-order chi connectivity index (χ1) is 12.6. The van der Waals surface area contributed by atoms with Crippen molar-refractivity contribution in [2.45, 2.75) is 40.3 Å². The summed E-state index contributed by atoms with van der Waals surface area (Å²) in [5.74, 6) is 0.386. The number of aromatic nitrogens is 5. The Hall–Kier alpha value is -2.80. The van der Waals surface area contributed by atoms with Gasteiger partial charge in [0.05, 0.1) is 22.8 Å². The van der Waals surface area contributed by atoms with Crippen LogP contribution in [0.4, 0.5) is 0 Å². The van der Waals surface area contributed by atoms with E-state index in [9.17, 15) is 4.79 Å². The molecule has 0 spiro atoms. The van der Waals surface area contributed by atoms with Crippen LogP contribution in [0.5, 0.6) is 0 Å². The fourth-order valence-corrected chi connectivity index (χ4v) is 3.37. The number of aryl methyl sites for hydroxylation is 1. The molecule has 1 aromatic carbocycles. The van der Waals surface area contributed by atoms with Crippen molar-refractivity contribution in [2.75, 3.05) is 0 Å². The van der Waals surface area contributed by atoms with E-state index in [-0.39, 0.29) is 19.4 Å². The molecule has 0 aliphatic carbocycles. The van der Waals surface area contributed by atoms with Crippen LogP contribution >= 0.6 is 11.6 Å². The summed E-state index contributed by atoms with van der Waals surface area (Å²) < 4.78 is 1.65. The minimum atomic E-state index is -0.0950. The van der Waals surface area contributed by atoms with Crippen molar-refractivity contribution in [3.63, 3.8) is 0 Å². The smallest absolute Gasteiger partial charge is 0.255 e. The van der Waals surface area contributed by atoms with Crippen molar-refractivity contribution in [1.29, 1.82) is 0 Å². The largest absolute Gasteiger partial charge is 0.329 e. The summed E-state index contributed by atoms with van der Waals surface area (Å²) in [5.41, 5.74) is 3.09. The summed E-state index contributed by atoms with van der Waals surface area (Å²) in [7, 11) is 0. The molecule has 1 aliphatic heterocycles. The molecule has 0 saturated heterocycles. The number of carbonyl (C=O) groups is 1. The number of benzene rings is 1. The second kappa shape index (κ2) is 7.44. The quantitative estimate of drug-likeness (QED) is 0.677. The number of nitrogens with zero attached hydrogens (tertiary/aromatic N) is 6. The number of halogens is 1. The van der Waals surface area contributed by atoms with Gasteiger partial charge in [0, 0.05) is 24.9 Å². The second-order valence-electron chi connectivity index (χ2n) is 6.37. The zero-order valence-electron chi connectivity index (χ0n) is 14.4. The third kappa shape index (κ3) is 3.30. The van der Waals surface area contributed by atoms with Gasteiger partial charge in [0.15, 0.2) is 0 Å². The van der Waals surface area contributed by atoms with E-state index in [4.69, 9.17) is 11.6 Å². The predicted molar refractivity (Wildman–Crippen MR) is 103 cm³/mol. The molecule has 1 aliphatic rings. The Labute approximate surface area is 163 Å². The zero-order valence-corrected chi connectivity index (χ0v) is 15.2. The van der Waals surface area contributed by atoms with E-state index in [0.29, 0.717) is 29.5 Å². The predicted octanol–water partition coefficient (Wildman–Crippen LogP) is 3.24. The summed E-state index contributed by atoms with van der Waals surface area (Å²) in [6, 6.07) is 7.23. The maximum atomic E-state index is 13.0. The normalized spacial score (nSPS) is 15.8. The van der Waals surface area contributed by atoms with Crippen molar-refractivity contribution in [3.8, 4) is 5.95 Å². The van der Waals surface area contributed by atoms with E-state index in [1.165, 1.54) is 0 Å². The van der Waals surface area contributed by atoms with Crippen LogP contribution in [0, 0.1) is 6.92 Å². The number of amides is 1. The Morgan fingerprint density at radius 2 is 1.96 bits per heavy atom. The topological polar surface area (TPSA) is 76.8 Å². The van der Waals surface area contributed by atoms with Crippen LogP contribution in [0.2, 0.25) is 5.02 Å². The molecule has 0 saturated carbocycles. The number of hydrogen-bond acceptors (Lipinski definition) is 5. The van der Waals surface area contributed by atoms with Crippen LogP contribution in [0.25, 0.3) is 5.95 Å². The molecule has 7 nitrogen and oxygen atoms in total. The van der Waals surface area contributed by atoms with Crippen LogP contribution in [0.15, 0.2) is 36.7 Å². The highest BCUT2D eigenvalue weighted by atomic mass is 35.5. The number of fused-ring (bicyclic) bond motifs is 1. The molecule has 8 heteroatoms. The highest BCUT2D eigenvalue weighted by Gasteiger charge is 2.32. The minimum absolute atomic E-state index is 0. The van der Waals surface area contributed by atoms with Gasteiger partial charge in [-0.05, 0) is 31.5 Å². The van der Waals surface area contributed by atoms with Gasteiger partial charge in [-0.2, -0.15) is 4.68 Å². The van der Waals surface area contributed by atoms with Gasteiger partial charge in [0.25, 0.3) is 11.9 Å². The molecule has 0 fully saturated rings. The summed E-state index contributed by atoms with van der Waals surface area (Å²) in [6.07, 6.45) is 3.95. The summed E-state index contributed by atoms with van der Waals surface area (Å²) in [5, 5.41) is 8.92. The lowest BCUT2D eigenvalue weighted by molar-refractivity contribution is 0.0653. The molecule has 0 radical (unpaired) electrons. The third-order valence-electron chi connectivity index (χ3n) is 4.61. The average molecular weight is 385 g/mol. The van der Waals surface area contributed by atoms with Gasteiger partial charge in [0.2, 0.25) is 0 Å². The van der Waals surface area contributed by atoms with Crippen LogP contribution in [-0.2, 0) is 13.0 Å². The Bertz CT molecular complexity index is 972. The third-order valence-corrected chi connectivity index (χ3v) is 5.11. The minimum Gasteiger partial charge on any atom is -0.329 e. The molecule has 0 N–H and O–H groups in total. The van der Waals surface area contributed by atoms with Crippen molar-refractivity contribution in [3.05, 3.63) is 64.2 Å². The molecule has 0 unspecified atom stereocenters. The van der Waals surface area contributed by atoms with Crippen molar-refractivity contribution < 1.29 is 4.79 Å². The molecule has 2 aromatic heterocycles. The molecule has 0 bridgehead atoms. The first kappa shape index (κ1) is 19.0. The Kier molecular flexibility index (Phi) is 5.23. The van der Waals surface area contributed by atoms with Gasteiger partial charge in [-0.25, -0.2) is 9.97 Å². The lowest BCUT2D eigenvalue weighted by Crippen LogP contribution is -2.43. The Morgan fingerprint density at radius 3 is 2.70 bits per heavy atom. The first-order valence-corrected chi connectivity index (χ1v) is 8.71. The van der Waals surface area contributed by atoms with Gasteiger partial charge in [-0.1, -0.05) is 36.4 Å². The summed E-state index contributed by atoms with van der Waals surface area (Å²) >= 11 is 6.34. The highest BCUT2D eigenvalue weighted by molar-refractivity contribution is 6.34. The fraction of sp³-hybridized carbons (Fsp3) is 0.316. The maximum absolute atomic E-state index is 13.0. The first-order valence-electron chi connectivity index (χ1n) is 8.33. The van der Waals surface area contributed by atoms with Gasteiger partial charge in [-0.15, -0.1) is 5.10 Å². The lowest BCUT2D eigenvalue weighted by atomic mass is 10.0. The van der Waals surface area contributed by atoms with Crippen LogP contribution in [-0.4, -0.2) is 41.8 Å². The number of rotatable bonds is 2. The molecule has 3 heterocycles. The van der Waals surface area contributed by atoms with Gasteiger partial charge >= 0.3 is 0 Å². The SMILES string of the molecule is C.Cc1cccc(C(=O)N2Cc3nnn(-c4ncccn4)c3C[C@H]2C)c1Cl. The maximum Gasteiger partial charge on any atom is 0.255 e. The molecule has 1 atom stereocenters. The van der Waals surface area contributed by atoms with Gasteiger partial charge < -0.3 is 4.90 Å². The standard InChI is InChI=1S/C18H17ClN6O.CH4/c1-11-5-3-6-13(16(11)19)17(26)24-10-14-15(9-12(24)2)25(23-22-14)18-20-7-4-8-21-18;/h3-8,12H,9-10H2,1-2H3;1H4/t12-;/m1./s1. The van der Waals surface area contributed by atoms with E-state index in [1.54, 1.807) is 34.1 Å². The van der Waals surface area contributed by atoms with E-state index < -0.39 is 0 Å². The van der Waals surface area contributed by atoms with E-state index in [0.717, 1.165) is 17.0 Å². The van der Waals surface area contributed by atoms with Crippen molar-refractivity contribution in [1.82, 2.24) is 29.9 Å². The van der Waals surface area contributed by atoms with Gasteiger partial charge in [0.1, 0.15) is 5.69 Å². The molecule has 3 aromatic rings. The van der Waals surface area contributed by atoms with E-state index in [1.807, 2.05) is 26.0 Å². The average Bonchev–Trinajstić information content (AvgIpc) is 3.06. The van der Waals surface area contributed by atoms with Crippen LogP contribution in [0.1, 0.15) is 41.7 Å². The second-order valence-corrected chi connectivity index (χ2v) is 6.74. The van der Waals surface area contributed by atoms with Crippen LogP contribution < -0.4 is 0 Å². The molecular formula is C19H21ClN6O. The number of hydrogen-bond donors (Lipinski definition) is 0. The zero-order chi connectivity index (χ0) is 18.3. The van der Waals surface area contributed by atoms with E-state index >= 15 is 0 Å². The lowest BCUT2D eigenvalue weighted by Gasteiger charge is -2.33. The molecule has 4 rings (SSSR count). The molecule has 1 amide bonds. The van der Waals surface area contributed by atoms with Crippen molar-refractivity contribution >= 4 is 17.5 Å². The monoisotopic (exact) mass is 384 g/mol. The fourth-order valence-electron chi connectivity index (χ4n) is 3.17. The Balaban J connectivity index is 0.00000210. The highest BCUT2D eigenvalue weighted by Crippen LogP contribution is 2.27. The van der Waals surface area contributed by atoms with Crippen LogP contribution in [0.3, 0.4) is 0 Å². The molecule has 140 valence electrons. The Morgan fingerprint density at radius 1 is 1.22 bits per heavy atom. The molecule has 27 heavy (non-hydrogen) atoms. The number of carbonyl (C=O) groups excluding carboxylic acids is 1. The summed E-state index contributed by atoms with van der Waals surface area (Å²) in [6.45, 7) is 4.28.